The lowest BCUT2D eigenvalue weighted by Gasteiger charge is -2.16. The molecule has 0 fully saturated rings. The van der Waals surface area contributed by atoms with Crippen LogP contribution in [-0.4, -0.2) is 4.98 Å². The molecule has 2 aliphatic rings. The Labute approximate surface area is 336 Å². The van der Waals surface area contributed by atoms with Crippen LogP contribution in [-0.2, 0) is 0 Å². The number of aromatic nitrogens is 1. The fraction of sp³-hybridized carbons (Fsp3) is 0.0893. The molecule has 10 rings (SSSR count). The van der Waals surface area contributed by atoms with Crippen LogP contribution in [0.25, 0.3) is 99.2 Å². The molecule has 1 heterocycles. The first-order valence-electron chi connectivity index (χ1n) is 20.1. The molecule has 0 N–H and O–H groups in total. The number of nitrogens with zero attached hydrogens (tertiary/aromatic N) is 1. The standard InChI is InChI=1S/C54H39N.C2H6/c1-5-13-40-33(4)41-23-24-42(48-19-11-18-47(40)53(41)48)37-30-36(34-15-10-16-35(29-34)44-27-28-55-52-22-9-8-17-46(44)52)31-38(32-37)43-25-26-51-39(7-3)45(14-6-2)50-21-12-20-49(43)54(50)51;1-2/h5-32H,3H2,1-2,4H3;1-2H3/b13-5-,14-6-;. The van der Waals surface area contributed by atoms with E-state index in [2.05, 4.69) is 190 Å². The zero-order valence-corrected chi connectivity index (χ0v) is 33.3. The fourth-order valence-corrected chi connectivity index (χ4v) is 9.21. The highest BCUT2D eigenvalue weighted by molar-refractivity contribution is 6.21. The molecule has 0 saturated heterocycles. The van der Waals surface area contributed by atoms with E-state index in [-0.39, 0.29) is 0 Å². The van der Waals surface area contributed by atoms with Gasteiger partial charge in [0.1, 0.15) is 0 Å². The highest BCUT2D eigenvalue weighted by Crippen LogP contribution is 2.49. The van der Waals surface area contributed by atoms with Gasteiger partial charge in [-0.15, -0.1) is 0 Å². The van der Waals surface area contributed by atoms with Crippen molar-refractivity contribution in [3.05, 3.63) is 199 Å². The van der Waals surface area contributed by atoms with Gasteiger partial charge >= 0.3 is 0 Å². The van der Waals surface area contributed by atoms with E-state index in [4.69, 9.17) is 0 Å². The van der Waals surface area contributed by atoms with Crippen molar-refractivity contribution in [2.45, 2.75) is 34.6 Å². The highest BCUT2D eigenvalue weighted by Gasteiger charge is 2.24. The maximum Gasteiger partial charge on any atom is 0.0708 e. The fourth-order valence-electron chi connectivity index (χ4n) is 9.21. The SMILES string of the molecule is C=CC1=C(/C=C\C)c2cccc3c(-c4cc(-c5cccc(-c6ccnc7ccccc67)c5)cc(-c5ccc6c7c(cccc57)C(/C=C\C)=C6C)c4)ccc1c23.CC. The summed E-state index contributed by atoms with van der Waals surface area (Å²) in [6.07, 6.45) is 12.7. The molecule has 0 bridgehead atoms. The van der Waals surface area contributed by atoms with Crippen molar-refractivity contribution in [2.24, 2.45) is 0 Å². The summed E-state index contributed by atoms with van der Waals surface area (Å²) in [6.45, 7) is 14.7. The summed E-state index contributed by atoms with van der Waals surface area (Å²) >= 11 is 0. The molecule has 0 spiro atoms. The molecule has 0 atom stereocenters. The Morgan fingerprint density at radius 2 is 0.947 bits per heavy atom. The summed E-state index contributed by atoms with van der Waals surface area (Å²) in [5, 5.41) is 6.33. The predicted octanol–water partition coefficient (Wildman–Crippen LogP) is 16.0. The second kappa shape index (κ2) is 14.7. The van der Waals surface area contributed by atoms with E-state index in [0.717, 1.165) is 10.9 Å². The van der Waals surface area contributed by atoms with Gasteiger partial charge in [-0.2, -0.15) is 0 Å². The number of benzene rings is 7. The molecule has 1 nitrogen and oxygen atoms in total. The number of pyridine rings is 1. The van der Waals surface area contributed by atoms with Gasteiger partial charge in [-0.05, 0) is 168 Å². The summed E-state index contributed by atoms with van der Waals surface area (Å²) < 4.78 is 0. The number of allylic oxidation sites excluding steroid dienone is 9. The smallest absolute Gasteiger partial charge is 0.0708 e. The number of hydrogen-bond acceptors (Lipinski definition) is 1. The molecule has 0 aliphatic heterocycles. The Hall–Kier alpha value is -6.83. The molecule has 0 unspecified atom stereocenters. The van der Waals surface area contributed by atoms with E-state index in [0.29, 0.717) is 0 Å². The van der Waals surface area contributed by atoms with Crippen molar-refractivity contribution in [2.75, 3.05) is 0 Å². The van der Waals surface area contributed by atoms with Gasteiger partial charge in [-0.25, -0.2) is 0 Å². The third-order valence-electron chi connectivity index (χ3n) is 11.6. The predicted molar refractivity (Wildman–Crippen MR) is 249 cm³/mol. The lowest BCUT2D eigenvalue weighted by atomic mass is 9.87. The van der Waals surface area contributed by atoms with Crippen LogP contribution < -0.4 is 0 Å². The third kappa shape index (κ3) is 5.73. The molecule has 2 aliphatic carbocycles. The molecular formula is C56H45N. The maximum absolute atomic E-state index is 4.65. The third-order valence-corrected chi connectivity index (χ3v) is 11.6. The van der Waals surface area contributed by atoms with Crippen LogP contribution >= 0.6 is 0 Å². The summed E-state index contributed by atoms with van der Waals surface area (Å²) in [5.41, 5.74) is 20.8. The minimum atomic E-state index is 1.00. The van der Waals surface area contributed by atoms with Gasteiger partial charge in [-0.1, -0.05) is 148 Å². The Morgan fingerprint density at radius 1 is 0.439 bits per heavy atom. The first-order valence-corrected chi connectivity index (χ1v) is 20.1. The topological polar surface area (TPSA) is 12.9 Å². The van der Waals surface area contributed by atoms with E-state index in [1.54, 1.807) is 0 Å². The minimum absolute atomic E-state index is 1.00. The number of para-hydroxylation sites is 1. The van der Waals surface area contributed by atoms with Crippen molar-refractivity contribution in [3.8, 4) is 44.5 Å². The second-order valence-corrected chi connectivity index (χ2v) is 14.6. The largest absolute Gasteiger partial charge is 0.256 e. The maximum atomic E-state index is 4.65. The number of rotatable bonds is 7. The van der Waals surface area contributed by atoms with Crippen LogP contribution in [0.5, 0.6) is 0 Å². The Morgan fingerprint density at radius 3 is 1.65 bits per heavy atom. The zero-order chi connectivity index (χ0) is 39.2. The zero-order valence-electron chi connectivity index (χ0n) is 33.3. The van der Waals surface area contributed by atoms with Crippen molar-refractivity contribution in [1.82, 2.24) is 4.98 Å². The number of fused-ring (bicyclic) bond motifs is 1. The van der Waals surface area contributed by atoms with E-state index < -0.39 is 0 Å². The van der Waals surface area contributed by atoms with E-state index in [1.807, 2.05) is 26.1 Å². The first-order chi connectivity index (χ1) is 28.1. The van der Waals surface area contributed by atoms with Gasteiger partial charge in [0.15, 0.2) is 0 Å². The van der Waals surface area contributed by atoms with Gasteiger partial charge in [-0.3, -0.25) is 4.98 Å². The quantitative estimate of drug-likeness (QED) is 0.159. The van der Waals surface area contributed by atoms with E-state index >= 15 is 0 Å². The average molecular weight is 732 g/mol. The lowest BCUT2D eigenvalue weighted by molar-refractivity contribution is 1.41. The summed E-state index contributed by atoms with van der Waals surface area (Å²) in [7, 11) is 0. The highest BCUT2D eigenvalue weighted by atomic mass is 14.6. The second-order valence-electron chi connectivity index (χ2n) is 14.6. The Bertz CT molecular complexity index is 3070. The first kappa shape index (κ1) is 35.8. The van der Waals surface area contributed by atoms with Gasteiger partial charge in [0.05, 0.1) is 5.52 Å². The van der Waals surface area contributed by atoms with Gasteiger partial charge in [0, 0.05) is 11.6 Å². The van der Waals surface area contributed by atoms with Crippen LogP contribution in [0, 0.1) is 0 Å². The van der Waals surface area contributed by atoms with E-state index in [9.17, 15) is 0 Å². The molecule has 57 heavy (non-hydrogen) atoms. The van der Waals surface area contributed by atoms with E-state index in [1.165, 1.54) is 111 Å². The van der Waals surface area contributed by atoms with Crippen LogP contribution in [0.1, 0.15) is 56.9 Å². The minimum Gasteiger partial charge on any atom is -0.256 e. The van der Waals surface area contributed by atoms with Crippen molar-refractivity contribution < 1.29 is 0 Å². The average Bonchev–Trinajstić information content (AvgIpc) is 3.73. The molecule has 1 heteroatoms. The Kier molecular flexibility index (Phi) is 9.23. The van der Waals surface area contributed by atoms with Gasteiger partial charge in [0.25, 0.3) is 0 Å². The van der Waals surface area contributed by atoms with Crippen LogP contribution in [0.15, 0.2) is 177 Å². The molecule has 274 valence electrons. The molecule has 8 aromatic rings. The Balaban J connectivity index is 0.00000208. The normalized spacial score (nSPS) is 13.1. The molecular weight excluding hydrogens is 687 g/mol. The molecule has 7 aromatic carbocycles. The van der Waals surface area contributed by atoms with Crippen molar-refractivity contribution in [3.63, 3.8) is 0 Å². The van der Waals surface area contributed by atoms with Crippen molar-refractivity contribution in [1.29, 1.82) is 0 Å². The van der Waals surface area contributed by atoms with Gasteiger partial charge < -0.3 is 0 Å². The molecule has 0 saturated carbocycles. The van der Waals surface area contributed by atoms with Gasteiger partial charge in [0.2, 0.25) is 0 Å². The molecule has 0 radical (unpaired) electrons. The lowest BCUT2D eigenvalue weighted by Crippen LogP contribution is -1.91. The summed E-state index contributed by atoms with van der Waals surface area (Å²) in [4.78, 5) is 4.65. The van der Waals surface area contributed by atoms with Crippen LogP contribution in [0.2, 0.25) is 0 Å². The van der Waals surface area contributed by atoms with Crippen molar-refractivity contribution >= 4 is 54.7 Å². The van der Waals surface area contributed by atoms with Crippen LogP contribution in [0.4, 0.5) is 0 Å². The summed E-state index contributed by atoms with van der Waals surface area (Å²) in [5.74, 6) is 0. The molecule has 1 aromatic heterocycles. The summed E-state index contributed by atoms with van der Waals surface area (Å²) in [6, 6.07) is 49.5. The number of hydrogen-bond donors (Lipinski definition) is 0. The monoisotopic (exact) mass is 731 g/mol. The molecule has 0 amide bonds. The van der Waals surface area contributed by atoms with Crippen LogP contribution in [0.3, 0.4) is 0 Å².